The molecular formula is C21H27N5O3. The fraction of sp³-hybridized carbons (Fsp3) is 0.381. The van der Waals surface area contributed by atoms with Crippen LogP contribution in [0.1, 0.15) is 16.8 Å². The smallest absolute Gasteiger partial charge is 0.270 e. The predicted octanol–water partition coefficient (Wildman–Crippen LogP) is 2.58. The number of non-ortho nitro benzene ring substituents is 1. The number of carbonyl (C=O) groups is 1. The molecule has 1 aliphatic rings. The number of nitrogens with zero attached hydrogens (tertiary/aromatic N) is 3. The van der Waals surface area contributed by atoms with Crippen LogP contribution in [-0.4, -0.2) is 62.0 Å². The maximum atomic E-state index is 12.5. The van der Waals surface area contributed by atoms with Crippen LogP contribution in [0, 0.1) is 10.1 Å². The number of amides is 1. The molecular weight excluding hydrogens is 370 g/mol. The standard InChI is InChI=1S/C21H27N5O3/c1-22-20-9-8-18(26(28)29)16-19(20)21(27)23-10-5-11-24-12-14-25(15-13-24)17-6-3-2-4-7-17/h2-4,6-9,16,22H,5,10-15H2,1H3,(H,23,27). The number of anilines is 2. The van der Waals surface area contributed by atoms with E-state index in [0.29, 0.717) is 12.2 Å². The molecule has 1 heterocycles. The summed E-state index contributed by atoms with van der Waals surface area (Å²) >= 11 is 0. The van der Waals surface area contributed by atoms with E-state index in [1.165, 1.54) is 17.8 Å². The van der Waals surface area contributed by atoms with Gasteiger partial charge < -0.3 is 15.5 Å². The Morgan fingerprint density at radius 1 is 1.10 bits per heavy atom. The molecule has 8 nitrogen and oxygen atoms in total. The van der Waals surface area contributed by atoms with Gasteiger partial charge in [0, 0.05) is 63.3 Å². The lowest BCUT2D eigenvalue weighted by atomic mass is 10.1. The van der Waals surface area contributed by atoms with Crippen LogP contribution in [0.15, 0.2) is 48.5 Å². The second-order valence-corrected chi connectivity index (χ2v) is 7.01. The summed E-state index contributed by atoms with van der Waals surface area (Å²) in [5.41, 5.74) is 2.03. The average molecular weight is 397 g/mol. The van der Waals surface area contributed by atoms with Gasteiger partial charge in [-0.3, -0.25) is 19.8 Å². The number of para-hydroxylation sites is 1. The van der Waals surface area contributed by atoms with E-state index in [0.717, 1.165) is 39.1 Å². The second-order valence-electron chi connectivity index (χ2n) is 7.01. The normalized spacial score (nSPS) is 14.4. The summed E-state index contributed by atoms with van der Waals surface area (Å²) in [7, 11) is 1.69. The van der Waals surface area contributed by atoms with Gasteiger partial charge in [-0.2, -0.15) is 0 Å². The number of carbonyl (C=O) groups excluding carboxylic acids is 1. The minimum atomic E-state index is -0.495. The summed E-state index contributed by atoms with van der Waals surface area (Å²) < 4.78 is 0. The Bertz CT molecular complexity index is 835. The van der Waals surface area contributed by atoms with Gasteiger partial charge >= 0.3 is 0 Å². The molecule has 8 heteroatoms. The lowest BCUT2D eigenvalue weighted by Crippen LogP contribution is -2.47. The Balaban J connectivity index is 1.42. The third-order valence-electron chi connectivity index (χ3n) is 5.16. The zero-order chi connectivity index (χ0) is 20.6. The Morgan fingerprint density at radius 3 is 2.48 bits per heavy atom. The average Bonchev–Trinajstić information content (AvgIpc) is 2.77. The quantitative estimate of drug-likeness (QED) is 0.404. The van der Waals surface area contributed by atoms with Crippen molar-refractivity contribution in [2.24, 2.45) is 0 Å². The predicted molar refractivity (Wildman–Crippen MR) is 115 cm³/mol. The number of nitro benzene ring substituents is 1. The molecule has 0 saturated carbocycles. The highest BCUT2D eigenvalue weighted by molar-refractivity contribution is 6.00. The molecule has 0 bridgehead atoms. The van der Waals surface area contributed by atoms with E-state index in [2.05, 4.69) is 44.7 Å². The van der Waals surface area contributed by atoms with E-state index in [1.807, 2.05) is 6.07 Å². The molecule has 2 aromatic carbocycles. The molecule has 0 radical (unpaired) electrons. The van der Waals surface area contributed by atoms with Crippen molar-refractivity contribution >= 4 is 23.0 Å². The molecule has 29 heavy (non-hydrogen) atoms. The monoisotopic (exact) mass is 397 g/mol. The van der Waals surface area contributed by atoms with Gasteiger partial charge in [-0.15, -0.1) is 0 Å². The highest BCUT2D eigenvalue weighted by Gasteiger charge is 2.18. The van der Waals surface area contributed by atoms with E-state index >= 15 is 0 Å². The molecule has 1 saturated heterocycles. The minimum Gasteiger partial charge on any atom is -0.387 e. The number of nitrogens with one attached hydrogen (secondary N) is 2. The molecule has 154 valence electrons. The Labute approximate surface area is 170 Å². The number of piperazine rings is 1. The largest absolute Gasteiger partial charge is 0.387 e. The van der Waals surface area contributed by atoms with Crippen molar-refractivity contribution in [1.29, 1.82) is 0 Å². The van der Waals surface area contributed by atoms with Crippen LogP contribution in [0.5, 0.6) is 0 Å². The van der Waals surface area contributed by atoms with Crippen LogP contribution < -0.4 is 15.5 Å². The highest BCUT2D eigenvalue weighted by atomic mass is 16.6. The number of hydrogen-bond donors (Lipinski definition) is 2. The van der Waals surface area contributed by atoms with Gasteiger partial charge in [-0.1, -0.05) is 18.2 Å². The highest BCUT2D eigenvalue weighted by Crippen LogP contribution is 2.21. The maximum Gasteiger partial charge on any atom is 0.270 e. The molecule has 0 aliphatic carbocycles. The molecule has 2 N–H and O–H groups in total. The molecule has 0 atom stereocenters. The van der Waals surface area contributed by atoms with Gasteiger partial charge in [0.25, 0.3) is 11.6 Å². The maximum absolute atomic E-state index is 12.5. The Hall–Kier alpha value is -3.13. The van der Waals surface area contributed by atoms with Crippen LogP contribution in [-0.2, 0) is 0 Å². The van der Waals surface area contributed by atoms with Crippen molar-refractivity contribution in [3.8, 4) is 0 Å². The first kappa shape index (κ1) is 20.6. The van der Waals surface area contributed by atoms with Gasteiger partial charge in [0.15, 0.2) is 0 Å². The van der Waals surface area contributed by atoms with E-state index in [9.17, 15) is 14.9 Å². The van der Waals surface area contributed by atoms with Crippen LogP contribution >= 0.6 is 0 Å². The first-order valence-corrected chi connectivity index (χ1v) is 9.85. The van der Waals surface area contributed by atoms with Crippen LogP contribution in [0.3, 0.4) is 0 Å². The molecule has 3 rings (SSSR count). The number of benzene rings is 2. The zero-order valence-electron chi connectivity index (χ0n) is 16.6. The van der Waals surface area contributed by atoms with Gasteiger partial charge in [-0.05, 0) is 31.2 Å². The lowest BCUT2D eigenvalue weighted by Gasteiger charge is -2.36. The van der Waals surface area contributed by atoms with E-state index in [4.69, 9.17) is 0 Å². The molecule has 1 aliphatic heterocycles. The summed E-state index contributed by atoms with van der Waals surface area (Å²) in [5.74, 6) is -0.299. The van der Waals surface area contributed by atoms with Crippen molar-refractivity contribution in [3.05, 3.63) is 64.2 Å². The van der Waals surface area contributed by atoms with Crippen molar-refractivity contribution in [1.82, 2.24) is 10.2 Å². The second kappa shape index (κ2) is 9.88. The van der Waals surface area contributed by atoms with Crippen molar-refractivity contribution in [2.45, 2.75) is 6.42 Å². The molecule has 2 aromatic rings. The number of hydrogen-bond acceptors (Lipinski definition) is 6. The van der Waals surface area contributed by atoms with E-state index in [1.54, 1.807) is 13.1 Å². The Morgan fingerprint density at radius 2 is 1.83 bits per heavy atom. The minimum absolute atomic E-state index is 0.0922. The van der Waals surface area contributed by atoms with Crippen molar-refractivity contribution < 1.29 is 9.72 Å². The topological polar surface area (TPSA) is 90.8 Å². The summed E-state index contributed by atoms with van der Waals surface area (Å²) in [6.07, 6.45) is 0.834. The first-order valence-electron chi connectivity index (χ1n) is 9.85. The van der Waals surface area contributed by atoms with Crippen molar-refractivity contribution in [3.63, 3.8) is 0 Å². The van der Waals surface area contributed by atoms with Gasteiger partial charge in [-0.25, -0.2) is 0 Å². The van der Waals surface area contributed by atoms with E-state index < -0.39 is 4.92 Å². The van der Waals surface area contributed by atoms with E-state index in [-0.39, 0.29) is 17.2 Å². The summed E-state index contributed by atoms with van der Waals surface area (Å²) in [5, 5.41) is 16.8. The van der Waals surface area contributed by atoms with Crippen molar-refractivity contribution in [2.75, 3.05) is 56.5 Å². The number of rotatable bonds is 8. The molecule has 0 unspecified atom stereocenters. The van der Waals surface area contributed by atoms with Crippen LogP contribution in [0.25, 0.3) is 0 Å². The lowest BCUT2D eigenvalue weighted by molar-refractivity contribution is -0.384. The Kier molecular flexibility index (Phi) is 7.02. The first-order chi connectivity index (χ1) is 14.1. The fourth-order valence-corrected chi connectivity index (χ4v) is 3.52. The SMILES string of the molecule is CNc1ccc([N+](=O)[O-])cc1C(=O)NCCCN1CCN(c2ccccc2)CC1. The molecule has 0 spiro atoms. The zero-order valence-corrected chi connectivity index (χ0v) is 16.6. The molecule has 0 aromatic heterocycles. The van der Waals surface area contributed by atoms with Gasteiger partial charge in [0.1, 0.15) is 0 Å². The van der Waals surface area contributed by atoms with Gasteiger partial charge in [0.05, 0.1) is 10.5 Å². The third-order valence-corrected chi connectivity index (χ3v) is 5.16. The third kappa shape index (κ3) is 5.45. The van der Waals surface area contributed by atoms with Crippen LogP contribution in [0.2, 0.25) is 0 Å². The molecule has 1 fully saturated rings. The fourth-order valence-electron chi connectivity index (χ4n) is 3.52. The summed E-state index contributed by atoms with van der Waals surface area (Å²) in [4.78, 5) is 27.7. The summed E-state index contributed by atoms with van der Waals surface area (Å²) in [6.45, 7) is 5.43. The van der Waals surface area contributed by atoms with Gasteiger partial charge in [0.2, 0.25) is 0 Å². The summed E-state index contributed by atoms with van der Waals surface area (Å²) in [6, 6.07) is 14.7. The van der Waals surface area contributed by atoms with Crippen LogP contribution in [0.4, 0.5) is 17.1 Å². The molecule has 1 amide bonds. The number of nitro groups is 1.